The SMILES string of the molecule is COc1ccccc1CNC(=O)C(C)Sc1nc2scc(-c3ccccc3)c2c(=O)n1N. The number of carbonyl (C=O) groups is 1. The minimum Gasteiger partial charge on any atom is -0.496 e. The third-order valence-electron chi connectivity index (χ3n) is 4.99. The van der Waals surface area contributed by atoms with E-state index in [1.54, 1.807) is 14.0 Å². The molecule has 1 atom stereocenters. The normalized spacial score (nSPS) is 11.9. The summed E-state index contributed by atoms with van der Waals surface area (Å²) in [6, 6.07) is 17.1. The van der Waals surface area contributed by atoms with Crippen molar-refractivity contribution in [3.05, 3.63) is 75.9 Å². The summed E-state index contributed by atoms with van der Waals surface area (Å²) in [5.41, 5.74) is 2.28. The molecule has 164 valence electrons. The van der Waals surface area contributed by atoms with Crippen molar-refractivity contribution in [3.63, 3.8) is 0 Å². The van der Waals surface area contributed by atoms with Crippen LogP contribution in [0.2, 0.25) is 0 Å². The van der Waals surface area contributed by atoms with Gasteiger partial charge >= 0.3 is 0 Å². The fraction of sp³-hybridized carbons (Fsp3) is 0.174. The van der Waals surface area contributed by atoms with Gasteiger partial charge in [-0.2, -0.15) is 0 Å². The van der Waals surface area contributed by atoms with Crippen LogP contribution in [0.15, 0.2) is 69.9 Å². The van der Waals surface area contributed by atoms with Crippen LogP contribution in [0.1, 0.15) is 12.5 Å². The molecule has 2 aromatic carbocycles. The highest BCUT2D eigenvalue weighted by atomic mass is 32.2. The van der Waals surface area contributed by atoms with Gasteiger partial charge in [-0.05, 0) is 18.6 Å². The first-order chi connectivity index (χ1) is 15.5. The van der Waals surface area contributed by atoms with Crippen LogP contribution in [-0.4, -0.2) is 27.9 Å². The van der Waals surface area contributed by atoms with Gasteiger partial charge in [0.05, 0.1) is 17.7 Å². The van der Waals surface area contributed by atoms with Crippen LogP contribution < -0.4 is 21.5 Å². The molecule has 2 heterocycles. The van der Waals surface area contributed by atoms with E-state index in [-0.39, 0.29) is 11.5 Å². The molecule has 0 fully saturated rings. The van der Waals surface area contributed by atoms with E-state index in [1.165, 1.54) is 11.3 Å². The second kappa shape index (κ2) is 9.46. The molecular weight excluding hydrogens is 444 g/mol. The summed E-state index contributed by atoms with van der Waals surface area (Å²) in [5, 5.41) is 5.09. The minimum absolute atomic E-state index is 0.189. The van der Waals surface area contributed by atoms with E-state index in [9.17, 15) is 9.59 Å². The Labute approximate surface area is 193 Å². The first-order valence-electron chi connectivity index (χ1n) is 9.90. The quantitative estimate of drug-likeness (QED) is 0.245. The number of rotatable bonds is 7. The predicted octanol–water partition coefficient (Wildman–Crippen LogP) is 3.64. The fourth-order valence-corrected chi connectivity index (χ4v) is 5.13. The first kappa shape index (κ1) is 21.9. The molecule has 7 nitrogen and oxygen atoms in total. The van der Waals surface area contributed by atoms with Crippen LogP contribution in [0.25, 0.3) is 21.3 Å². The number of nitrogen functional groups attached to an aromatic ring is 1. The summed E-state index contributed by atoms with van der Waals surface area (Å²) < 4.78 is 6.34. The molecule has 0 spiro atoms. The average Bonchev–Trinajstić information content (AvgIpc) is 3.25. The third-order valence-corrected chi connectivity index (χ3v) is 6.93. The van der Waals surface area contributed by atoms with Crippen LogP contribution in [0, 0.1) is 0 Å². The number of hydrogen-bond donors (Lipinski definition) is 2. The lowest BCUT2D eigenvalue weighted by Crippen LogP contribution is -2.33. The highest BCUT2D eigenvalue weighted by Crippen LogP contribution is 2.32. The Morgan fingerprint density at radius 1 is 1.22 bits per heavy atom. The fourth-order valence-electron chi connectivity index (χ4n) is 3.28. The van der Waals surface area contributed by atoms with Crippen molar-refractivity contribution >= 4 is 39.2 Å². The molecule has 4 rings (SSSR count). The maximum absolute atomic E-state index is 13.0. The zero-order valence-electron chi connectivity index (χ0n) is 17.6. The predicted molar refractivity (Wildman–Crippen MR) is 130 cm³/mol. The molecule has 3 N–H and O–H groups in total. The zero-order valence-corrected chi connectivity index (χ0v) is 19.2. The number of thioether (sulfide) groups is 1. The lowest BCUT2D eigenvalue weighted by Gasteiger charge is -2.14. The first-order valence-corrected chi connectivity index (χ1v) is 11.7. The summed E-state index contributed by atoms with van der Waals surface area (Å²) >= 11 is 2.53. The van der Waals surface area contributed by atoms with Gasteiger partial charge in [-0.1, -0.05) is 60.3 Å². The Morgan fingerprint density at radius 2 is 1.94 bits per heavy atom. The van der Waals surface area contributed by atoms with Crippen molar-refractivity contribution in [2.75, 3.05) is 13.0 Å². The van der Waals surface area contributed by atoms with Crippen molar-refractivity contribution in [2.45, 2.75) is 23.9 Å². The Balaban J connectivity index is 1.53. The number of thiophene rings is 1. The van der Waals surface area contributed by atoms with E-state index in [0.29, 0.717) is 27.7 Å². The number of aromatic nitrogens is 2. The molecule has 0 aliphatic rings. The summed E-state index contributed by atoms with van der Waals surface area (Å²) in [4.78, 5) is 30.8. The van der Waals surface area contributed by atoms with Gasteiger partial charge in [0.15, 0.2) is 5.16 Å². The number of amides is 1. The molecule has 0 saturated carbocycles. The van der Waals surface area contributed by atoms with Gasteiger partial charge in [0.1, 0.15) is 10.6 Å². The van der Waals surface area contributed by atoms with Gasteiger partial charge in [-0.25, -0.2) is 9.66 Å². The molecule has 9 heteroatoms. The number of methoxy groups -OCH3 is 1. The van der Waals surface area contributed by atoms with Crippen LogP contribution in [0.5, 0.6) is 5.75 Å². The maximum Gasteiger partial charge on any atom is 0.282 e. The number of ether oxygens (including phenoxy) is 1. The summed E-state index contributed by atoms with van der Waals surface area (Å²) in [6.45, 7) is 2.09. The smallest absolute Gasteiger partial charge is 0.282 e. The van der Waals surface area contributed by atoms with Crippen LogP contribution >= 0.6 is 23.1 Å². The number of fused-ring (bicyclic) bond motifs is 1. The van der Waals surface area contributed by atoms with E-state index in [1.807, 2.05) is 60.0 Å². The summed E-state index contributed by atoms with van der Waals surface area (Å²) in [6.07, 6.45) is 0. The van der Waals surface area contributed by atoms with E-state index in [4.69, 9.17) is 10.6 Å². The number of hydrogen-bond acceptors (Lipinski definition) is 7. The van der Waals surface area contributed by atoms with Gasteiger partial charge in [0.2, 0.25) is 5.91 Å². The molecule has 1 amide bonds. The highest BCUT2D eigenvalue weighted by molar-refractivity contribution is 8.00. The van der Waals surface area contributed by atoms with Crippen molar-refractivity contribution in [1.29, 1.82) is 0 Å². The lowest BCUT2D eigenvalue weighted by molar-refractivity contribution is -0.120. The number of carbonyl (C=O) groups excluding carboxylic acids is 1. The third kappa shape index (κ3) is 4.35. The zero-order chi connectivity index (χ0) is 22.7. The number of nitrogens with one attached hydrogen (secondary N) is 1. The monoisotopic (exact) mass is 466 g/mol. The molecule has 1 unspecified atom stereocenters. The second-order valence-corrected chi connectivity index (χ2v) is 9.22. The lowest BCUT2D eigenvalue weighted by atomic mass is 10.1. The molecule has 4 aromatic rings. The topological polar surface area (TPSA) is 99.2 Å². The number of para-hydroxylation sites is 1. The van der Waals surface area contributed by atoms with Crippen molar-refractivity contribution in [2.24, 2.45) is 0 Å². The molecule has 0 aliphatic carbocycles. The Kier molecular flexibility index (Phi) is 6.48. The van der Waals surface area contributed by atoms with E-state index >= 15 is 0 Å². The van der Waals surface area contributed by atoms with Crippen LogP contribution in [-0.2, 0) is 11.3 Å². The Hall–Kier alpha value is -3.30. The van der Waals surface area contributed by atoms with E-state index < -0.39 is 5.25 Å². The second-order valence-electron chi connectivity index (χ2n) is 7.05. The van der Waals surface area contributed by atoms with E-state index in [2.05, 4.69) is 10.3 Å². The van der Waals surface area contributed by atoms with Gasteiger partial charge < -0.3 is 15.9 Å². The molecule has 0 radical (unpaired) electrons. The Morgan fingerprint density at radius 3 is 2.69 bits per heavy atom. The summed E-state index contributed by atoms with van der Waals surface area (Å²) in [7, 11) is 1.59. The average molecular weight is 467 g/mol. The highest BCUT2D eigenvalue weighted by Gasteiger charge is 2.21. The molecule has 0 bridgehead atoms. The standard InChI is InChI=1S/C23H22N4O3S2/c1-14(20(28)25-12-16-10-6-7-11-18(16)30-2)32-23-26-21-19(22(29)27(23)24)17(13-31-21)15-8-4-3-5-9-15/h3-11,13-14H,12,24H2,1-2H3,(H,25,28). The Bertz CT molecular complexity index is 1320. The number of benzene rings is 2. The van der Waals surface area contributed by atoms with Crippen LogP contribution in [0.3, 0.4) is 0 Å². The van der Waals surface area contributed by atoms with Crippen LogP contribution in [0.4, 0.5) is 0 Å². The molecule has 2 aromatic heterocycles. The van der Waals surface area contributed by atoms with Gasteiger partial charge in [0.25, 0.3) is 5.56 Å². The number of nitrogens with zero attached hydrogens (tertiary/aromatic N) is 2. The van der Waals surface area contributed by atoms with E-state index in [0.717, 1.165) is 33.1 Å². The molecule has 0 saturated heterocycles. The molecular formula is C23H22N4O3S2. The van der Waals surface area contributed by atoms with Crippen molar-refractivity contribution in [1.82, 2.24) is 15.0 Å². The summed E-state index contributed by atoms with van der Waals surface area (Å²) in [5.74, 6) is 6.61. The van der Waals surface area contributed by atoms with Crippen molar-refractivity contribution in [3.8, 4) is 16.9 Å². The van der Waals surface area contributed by atoms with Gasteiger partial charge in [-0.15, -0.1) is 11.3 Å². The van der Waals surface area contributed by atoms with Gasteiger partial charge in [-0.3, -0.25) is 9.59 Å². The largest absolute Gasteiger partial charge is 0.496 e. The minimum atomic E-state index is -0.502. The number of nitrogens with two attached hydrogens (primary N) is 1. The van der Waals surface area contributed by atoms with Gasteiger partial charge in [0, 0.05) is 23.1 Å². The molecule has 0 aliphatic heterocycles. The van der Waals surface area contributed by atoms with Crippen molar-refractivity contribution < 1.29 is 9.53 Å². The molecule has 32 heavy (non-hydrogen) atoms. The maximum atomic E-state index is 13.0.